The van der Waals surface area contributed by atoms with Crippen LogP contribution < -0.4 is 0 Å². The van der Waals surface area contributed by atoms with Gasteiger partial charge in [0.1, 0.15) is 0 Å². The van der Waals surface area contributed by atoms with Gasteiger partial charge in [0.05, 0.1) is 11.4 Å². The lowest BCUT2D eigenvalue weighted by Crippen LogP contribution is -1.88. The van der Waals surface area contributed by atoms with Crippen molar-refractivity contribution in [1.29, 1.82) is 0 Å². The average molecular weight is 237 g/mol. The second kappa shape index (κ2) is 5.87. The molecule has 0 N–H and O–H groups in total. The Hall–Kier alpha value is -2.29. The number of pyridine rings is 3. The number of rotatable bonds is 1. The maximum atomic E-state index is 4.47. The van der Waals surface area contributed by atoms with E-state index in [-0.39, 0.29) is 0 Å². The lowest BCUT2D eigenvalue weighted by Gasteiger charge is -2.00. The van der Waals surface area contributed by atoms with Crippen molar-refractivity contribution in [1.82, 2.24) is 15.0 Å². The summed E-state index contributed by atoms with van der Waals surface area (Å²) in [6.07, 6.45) is 3.51. The van der Waals surface area contributed by atoms with Crippen LogP contribution in [0.3, 0.4) is 0 Å². The second-order valence-electron chi connectivity index (χ2n) is 3.46. The summed E-state index contributed by atoms with van der Waals surface area (Å²) in [5.41, 5.74) is 2.48. The van der Waals surface area contributed by atoms with Crippen LogP contribution in [0.4, 0.5) is 0 Å². The van der Waals surface area contributed by atoms with Crippen LogP contribution in [0.5, 0.6) is 0 Å². The highest BCUT2D eigenvalue weighted by Crippen LogP contribution is 2.17. The van der Waals surface area contributed by atoms with E-state index >= 15 is 0 Å². The van der Waals surface area contributed by atoms with Gasteiger partial charge in [-0.05, 0) is 36.4 Å². The van der Waals surface area contributed by atoms with Gasteiger partial charge in [-0.1, -0.05) is 19.9 Å². The van der Waals surface area contributed by atoms with E-state index < -0.39 is 0 Å². The number of hydrogen-bond donors (Lipinski definition) is 0. The maximum absolute atomic E-state index is 4.47. The molecular formula is C15H15N3. The summed E-state index contributed by atoms with van der Waals surface area (Å²) in [5.74, 6) is 0. The third-order valence-corrected chi connectivity index (χ3v) is 2.39. The monoisotopic (exact) mass is 237 g/mol. The SMILES string of the molecule is CC.c1ccc(-c2ccc3cccnc3n2)nc1. The predicted molar refractivity (Wildman–Crippen MR) is 74.1 cm³/mol. The molecule has 0 spiro atoms. The van der Waals surface area contributed by atoms with Crippen molar-refractivity contribution >= 4 is 11.0 Å². The smallest absolute Gasteiger partial charge is 0.159 e. The average Bonchev–Trinajstić information content (AvgIpc) is 2.50. The minimum Gasteiger partial charge on any atom is -0.255 e. The Bertz CT molecular complexity index is 621. The Morgan fingerprint density at radius 3 is 2.33 bits per heavy atom. The summed E-state index contributed by atoms with van der Waals surface area (Å²) in [4.78, 5) is 13.0. The van der Waals surface area contributed by atoms with Crippen molar-refractivity contribution in [3.05, 3.63) is 54.9 Å². The molecule has 0 amide bonds. The molecule has 0 saturated heterocycles. The first-order valence-electron chi connectivity index (χ1n) is 6.07. The molecule has 3 rings (SSSR count). The lowest BCUT2D eigenvalue weighted by molar-refractivity contribution is 1.24. The fraction of sp³-hybridized carbons (Fsp3) is 0.133. The highest BCUT2D eigenvalue weighted by Gasteiger charge is 2.01. The molecule has 0 atom stereocenters. The van der Waals surface area contributed by atoms with Gasteiger partial charge in [0.2, 0.25) is 0 Å². The van der Waals surface area contributed by atoms with E-state index in [0.29, 0.717) is 0 Å². The van der Waals surface area contributed by atoms with Crippen LogP contribution in [-0.4, -0.2) is 15.0 Å². The molecule has 3 aromatic rings. The standard InChI is InChI=1S/C13H9N3.C2H6/c1-2-8-14-11(5-1)12-7-6-10-4-3-9-15-13(10)16-12;1-2/h1-9H;1-2H3. The third-order valence-electron chi connectivity index (χ3n) is 2.39. The highest BCUT2D eigenvalue weighted by atomic mass is 14.9. The molecular weight excluding hydrogens is 222 g/mol. The van der Waals surface area contributed by atoms with E-state index in [1.54, 1.807) is 12.4 Å². The van der Waals surface area contributed by atoms with Crippen molar-refractivity contribution in [2.45, 2.75) is 13.8 Å². The highest BCUT2D eigenvalue weighted by molar-refractivity contribution is 5.77. The second-order valence-corrected chi connectivity index (χ2v) is 3.46. The fourth-order valence-corrected chi connectivity index (χ4v) is 1.61. The molecule has 0 radical (unpaired) electrons. The van der Waals surface area contributed by atoms with Gasteiger partial charge in [0, 0.05) is 17.8 Å². The molecule has 0 aliphatic heterocycles. The van der Waals surface area contributed by atoms with Gasteiger partial charge in [0.25, 0.3) is 0 Å². The van der Waals surface area contributed by atoms with Crippen LogP contribution in [-0.2, 0) is 0 Å². The molecule has 0 unspecified atom stereocenters. The van der Waals surface area contributed by atoms with Crippen LogP contribution >= 0.6 is 0 Å². The summed E-state index contributed by atoms with van der Waals surface area (Å²) < 4.78 is 0. The minimum atomic E-state index is 0.755. The largest absolute Gasteiger partial charge is 0.255 e. The Kier molecular flexibility index (Phi) is 3.97. The van der Waals surface area contributed by atoms with Gasteiger partial charge in [-0.25, -0.2) is 9.97 Å². The van der Waals surface area contributed by atoms with E-state index in [2.05, 4.69) is 15.0 Å². The summed E-state index contributed by atoms with van der Waals surface area (Å²) in [6.45, 7) is 4.00. The van der Waals surface area contributed by atoms with Crippen LogP contribution in [0.1, 0.15) is 13.8 Å². The van der Waals surface area contributed by atoms with Gasteiger partial charge in [-0.3, -0.25) is 4.98 Å². The fourth-order valence-electron chi connectivity index (χ4n) is 1.61. The Balaban J connectivity index is 0.000000574. The van der Waals surface area contributed by atoms with Crippen molar-refractivity contribution in [2.24, 2.45) is 0 Å². The summed E-state index contributed by atoms with van der Waals surface area (Å²) in [6, 6.07) is 13.7. The van der Waals surface area contributed by atoms with E-state index in [0.717, 1.165) is 22.4 Å². The number of fused-ring (bicyclic) bond motifs is 1. The van der Waals surface area contributed by atoms with E-state index in [1.807, 2.05) is 56.3 Å². The number of nitrogens with zero attached hydrogens (tertiary/aromatic N) is 3. The summed E-state index contributed by atoms with van der Waals surface area (Å²) >= 11 is 0. The quantitative estimate of drug-likeness (QED) is 0.647. The molecule has 18 heavy (non-hydrogen) atoms. The summed E-state index contributed by atoms with van der Waals surface area (Å²) in [5, 5.41) is 1.04. The first-order chi connectivity index (χ1) is 8.93. The molecule has 90 valence electrons. The van der Waals surface area contributed by atoms with Gasteiger partial charge < -0.3 is 0 Å². The van der Waals surface area contributed by atoms with Crippen LogP contribution in [0.15, 0.2) is 54.9 Å². The molecule has 3 heteroatoms. The first-order valence-corrected chi connectivity index (χ1v) is 6.07. The maximum Gasteiger partial charge on any atom is 0.159 e. The van der Waals surface area contributed by atoms with Crippen LogP contribution in [0.2, 0.25) is 0 Å². The number of hydrogen-bond acceptors (Lipinski definition) is 3. The van der Waals surface area contributed by atoms with E-state index in [4.69, 9.17) is 0 Å². The zero-order valence-electron chi connectivity index (χ0n) is 10.5. The van der Waals surface area contributed by atoms with Gasteiger partial charge in [0.15, 0.2) is 5.65 Å². The van der Waals surface area contributed by atoms with Crippen molar-refractivity contribution in [2.75, 3.05) is 0 Å². The zero-order chi connectivity index (χ0) is 12.8. The van der Waals surface area contributed by atoms with Crippen molar-refractivity contribution in [3.63, 3.8) is 0 Å². The van der Waals surface area contributed by atoms with Crippen LogP contribution in [0, 0.1) is 0 Å². The van der Waals surface area contributed by atoms with Gasteiger partial charge in [-0.15, -0.1) is 0 Å². The molecule has 0 aromatic carbocycles. The molecule has 3 heterocycles. The van der Waals surface area contributed by atoms with E-state index in [1.165, 1.54) is 0 Å². The third kappa shape index (κ3) is 2.51. The number of aromatic nitrogens is 3. The molecule has 0 bridgehead atoms. The minimum absolute atomic E-state index is 0.755. The topological polar surface area (TPSA) is 38.7 Å². The molecule has 0 saturated carbocycles. The van der Waals surface area contributed by atoms with Gasteiger partial charge >= 0.3 is 0 Å². The predicted octanol–water partition coefficient (Wildman–Crippen LogP) is 3.72. The lowest BCUT2D eigenvalue weighted by atomic mass is 10.2. The first kappa shape index (κ1) is 12.2. The van der Waals surface area contributed by atoms with Gasteiger partial charge in [-0.2, -0.15) is 0 Å². The van der Waals surface area contributed by atoms with Crippen molar-refractivity contribution in [3.8, 4) is 11.4 Å². The Morgan fingerprint density at radius 1 is 0.722 bits per heavy atom. The molecule has 3 aromatic heterocycles. The molecule has 0 aliphatic carbocycles. The zero-order valence-corrected chi connectivity index (χ0v) is 10.5. The van der Waals surface area contributed by atoms with Crippen LogP contribution in [0.25, 0.3) is 22.4 Å². The van der Waals surface area contributed by atoms with Crippen molar-refractivity contribution < 1.29 is 0 Å². The summed E-state index contributed by atoms with van der Waals surface area (Å²) in [7, 11) is 0. The Labute approximate surface area is 107 Å². The Morgan fingerprint density at radius 2 is 1.56 bits per heavy atom. The molecule has 0 aliphatic rings. The van der Waals surface area contributed by atoms with E-state index in [9.17, 15) is 0 Å². The molecule has 0 fully saturated rings. The normalized spacial score (nSPS) is 9.67. The molecule has 3 nitrogen and oxygen atoms in total.